The lowest BCUT2D eigenvalue weighted by atomic mass is 9.90. The van der Waals surface area contributed by atoms with Gasteiger partial charge in [-0.05, 0) is 71.7 Å². The van der Waals surface area contributed by atoms with E-state index in [0.29, 0.717) is 16.7 Å². The Balaban J connectivity index is 1.66. The minimum absolute atomic E-state index is 0.168. The van der Waals surface area contributed by atoms with Crippen LogP contribution in [0.15, 0.2) is 84.1 Å². The molecule has 3 nitrogen and oxygen atoms in total. The summed E-state index contributed by atoms with van der Waals surface area (Å²) >= 11 is 0. The lowest BCUT2D eigenvalue weighted by Crippen LogP contribution is -2.45. The molecule has 1 aromatic heterocycles. The Morgan fingerprint density at radius 1 is 0.971 bits per heavy atom. The molecule has 1 unspecified atom stereocenters. The van der Waals surface area contributed by atoms with E-state index in [0.717, 1.165) is 0 Å². The molecule has 0 fully saturated rings. The molecule has 0 bridgehead atoms. The molecule has 0 saturated heterocycles. The van der Waals surface area contributed by atoms with Crippen LogP contribution < -0.4 is 0 Å². The van der Waals surface area contributed by atoms with Crippen molar-refractivity contribution in [2.45, 2.75) is 25.2 Å². The summed E-state index contributed by atoms with van der Waals surface area (Å²) in [5, 5.41) is 11.1. The highest BCUT2D eigenvalue weighted by Gasteiger charge is 2.55. The van der Waals surface area contributed by atoms with Gasteiger partial charge in [0, 0.05) is 24.0 Å². The fourth-order valence-corrected chi connectivity index (χ4v) is 3.78. The summed E-state index contributed by atoms with van der Waals surface area (Å²) in [6.07, 6.45) is 0.758. The monoisotopic (exact) mass is 484 g/mol. The van der Waals surface area contributed by atoms with Crippen molar-refractivity contribution in [3.8, 4) is 0 Å². The molecule has 3 aromatic carbocycles. The Hall–Kier alpha value is -3.78. The van der Waals surface area contributed by atoms with Crippen LogP contribution in [0.25, 0.3) is 17.0 Å². The van der Waals surface area contributed by atoms with Gasteiger partial charge in [0.15, 0.2) is 0 Å². The predicted molar refractivity (Wildman–Crippen MR) is 126 cm³/mol. The first kappa shape index (κ1) is 24.3. The van der Waals surface area contributed by atoms with E-state index in [4.69, 9.17) is 0 Å². The van der Waals surface area contributed by atoms with Crippen LogP contribution in [0.5, 0.6) is 0 Å². The van der Waals surface area contributed by atoms with Crippen molar-refractivity contribution in [2.24, 2.45) is 4.99 Å². The predicted octanol–water partition coefficient (Wildman–Crippen LogP) is 6.77. The number of aromatic nitrogens is 1. The van der Waals surface area contributed by atoms with Crippen molar-refractivity contribution >= 4 is 23.2 Å². The molecule has 0 radical (unpaired) electrons. The molecule has 1 N–H and O–H groups in total. The molecule has 0 aliphatic carbocycles. The van der Waals surface area contributed by atoms with Crippen LogP contribution in [-0.2, 0) is 12.1 Å². The van der Waals surface area contributed by atoms with Gasteiger partial charge in [0.1, 0.15) is 11.6 Å². The van der Waals surface area contributed by atoms with Crippen molar-refractivity contribution in [1.29, 1.82) is 0 Å². The number of aliphatic imine (C=N–C) groups is 1. The minimum atomic E-state index is -5.01. The molecular weight excluding hydrogens is 463 g/mol. The maximum atomic E-state index is 14.2. The summed E-state index contributed by atoms with van der Waals surface area (Å²) in [7, 11) is 0. The maximum absolute atomic E-state index is 14.2. The van der Waals surface area contributed by atoms with Gasteiger partial charge in [-0.1, -0.05) is 30.3 Å². The number of halogens is 5. The molecule has 0 saturated carbocycles. The third-order valence-corrected chi connectivity index (χ3v) is 5.82. The highest BCUT2D eigenvalue weighted by Crippen LogP contribution is 2.41. The first-order valence-electron chi connectivity index (χ1n) is 10.7. The van der Waals surface area contributed by atoms with Gasteiger partial charge in [-0.25, -0.2) is 8.78 Å². The largest absolute Gasteiger partial charge is 0.423 e. The second-order valence-corrected chi connectivity index (χ2v) is 8.19. The second kappa shape index (κ2) is 9.46. The Kier molecular flexibility index (Phi) is 6.58. The number of alkyl halides is 3. The number of hydrogen-bond donors (Lipinski definition) is 1. The fraction of sp³-hybridized carbons (Fsp3) is 0.148. The van der Waals surface area contributed by atoms with E-state index in [1.54, 1.807) is 25.1 Å². The van der Waals surface area contributed by atoms with Gasteiger partial charge in [-0.3, -0.25) is 4.99 Å². The summed E-state index contributed by atoms with van der Waals surface area (Å²) < 4.78 is 70.8. The van der Waals surface area contributed by atoms with Gasteiger partial charge >= 0.3 is 6.18 Å². The van der Waals surface area contributed by atoms with Gasteiger partial charge in [-0.2, -0.15) is 13.2 Å². The van der Waals surface area contributed by atoms with Crippen molar-refractivity contribution in [3.63, 3.8) is 0 Å². The number of aryl methyl sites for hydroxylation is 1. The molecule has 4 aromatic rings. The van der Waals surface area contributed by atoms with Crippen LogP contribution in [0, 0.1) is 18.6 Å². The summed E-state index contributed by atoms with van der Waals surface area (Å²) in [5.41, 5.74) is -1.60. The molecule has 0 amide bonds. The Morgan fingerprint density at radius 3 is 2.43 bits per heavy atom. The molecule has 1 heterocycles. The number of hydrogen-bond acceptors (Lipinski definition) is 2. The van der Waals surface area contributed by atoms with Gasteiger partial charge < -0.3 is 9.67 Å². The van der Waals surface area contributed by atoms with Gasteiger partial charge in [0.2, 0.25) is 5.60 Å². The average molecular weight is 484 g/mol. The topological polar surface area (TPSA) is 37.5 Å². The smallest absolute Gasteiger partial charge is 0.375 e. The standard InChI is InChI=1S/C27H21F5N2O/c1-18-5-8-21(15-20(18)16-33-13-11-19-6-9-22(28)10-7-19)26(35,27(30,31)32)17-34-14-12-23-24(29)3-2-4-25(23)34/h2-16,35H,17H2,1H3/b13-11-,33-16?. The molecule has 8 heteroatoms. The molecular formula is C27H21F5N2O. The quantitative estimate of drug-likeness (QED) is 0.238. The second-order valence-electron chi connectivity index (χ2n) is 8.19. The number of rotatable bonds is 6. The zero-order valence-corrected chi connectivity index (χ0v) is 18.6. The highest BCUT2D eigenvalue weighted by molar-refractivity contribution is 5.83. The van der Waals surface area contributed by atoms with E-state index in [1.807, 2.05) is 0 Å². The van der Waals surface area contributed by atoms with Crippen LogP contribution >= 0.6 is 0 Å². The number of benzene rings is 3. The molecule has 0 aliphatic rings. The Labute approximate surface area is 198 Å². The van der Waals surface area contributed by atoms with Gasteiger partial charge in [-0.15, -0.1) is 0 Å². The fourth-order valence-electron chi connectivity index (χ4n) is 3.78. The SMILES string of the molecule is Cc1ccc(C(O)(Cn2ccc3c(F)cccc32)C(F)(F)F)cc1C=N/C=C\c1ccc(F)cc1. The number of aliphatic hydroxyl groups is 1. The van der Waals surface area contributed by atoms with E-state index in [-0.39, 0.29) is 22.3 Å². The van der Waals surface area contributed by atoms with Crippen molar-refractivity contribution in [2.75, 3.05) is 0 Å². The molecule has 4 rings (SSSR count). The number of nitrogens with zero attached hydrogens (tertiary/aromatic N) is 2. The average Bonchev–Trinajstić information content (AvgIpc) is 3.22. The Bertz CT molecular complexity index is 1400. The van der Waals surface area contributed by atoms with Crippen LogP contribution in [0.2, 0.25) is 0 Å². The highest BCUT2D eigenvalue weighted by atomic mass is 19.4. The van der Waals surface area contributed by atoms with Crippen LogP contribution in [0.1, 0.15) is 22.3 Å². The zero-order valence-electron chi connectivity index (χ0n) is 18.6. The summed E-state index contributed by atoms with van der Waals surface area (Å²) in [6, 6.07) is 15.2. The van der Waals surface area contributed by atoms with Crippen LogP contribution in [0.3, 0.4) is 0 Å². The van der Waals surface area contributed by atoms with E-state index in [2.05, 4.69) is 4.99 Å². The maximum Gasteiger partial charge on any atom is 0.423 e. The third kappa shape index (κ3) is 5.02. The molecule has 35 heavy (non-hydrogen) atoms. The molecule has 1 atom stereocenters. The van der Waals surface area contributed by atoms with Gasteiger partial charge in [0.05, 0.1) is 12.1 Å². The lowest BCUT2D eigenvalue weighted by Gasteiger charge is -2.32. The normalized spacial score (nSPS) is 14.3. The van der Waals surface area contributed by atoms with Crippen LogP contribution in [-0.4, -0.2) is 22.1 Å². The van der Waals surface area contributed by atoms with E-state index in [9.17, 15) is 27.1 Å². The lowest BCUT2D eigenvalue weighted by molar-refractivity contribution is -0.271. The van der Waals surface area contributed by atoms with Crippen molar-refractivity contribution < 1.29 is 27.1 Å². The minimum Gasteiger partial charge on any atom is -0.375 e. The summed E-state index contributed by atoms with van der Waals surface area (Å²) in [5.74, 6) is -0.924. The molecule has 0 spiro atoms. The van der Waals surface area contributed by atoms with Crippen molar-refractivity contribution in [3.05, 3.63) is 113 Å². The van der Waals surface area contributed by atoms with Crippen LogP contribution in [0.4, 0.5) is 22.0 Å². The third-order valence-electron chi connectivity index (χ3n) is 5.82. The zero-order chi connectivity index (χ0) is 25.2. The van der Waals surface area contributed by atoms with Crippen molar-refractivity contribution in [1.82, 2.24) is 4.57 Å². The number of fused-ring (bicyclic) bond motifs is 1. The molecule has 0 aliphatic heterocycles. The summed E-state index contributed by atoms with van der Waals surface area (Å²) in [6.45, 7) is 0.858. The first-order valence-corrected chi connectivity index (χ1v) is 10.7. The Morgan fingerprint density at radius 2 is 1.71 bits per heavy atom. The van der Waals surface area contributed by atoms with E-state index in [1.165, 1.54) is 77.8 Å². The van der Waals surface area contributed by atoms with E-state index < -0.39 is 24.1 Å². The van der Waals surface area contributed by atoms with E-state index >= 15 is 0 Å². The molecule has 180 valence electrons. The van der Waals surface area contributed by atoms with Gasteiger partial charge in [0.25, 0.3) is 0 Å². The summed E-state index contributed by atoms with van der Waals surface area (Å²) in [4.78, 5) is 4.12. The first-order chi connectivity index (χ1) is 16.6.